The van der Waals surface area contributed by atoms with E-state index < -0.39 is 0 Å². The second-order valence-corrected chi connectivity index (χ2v) is 5.50. The van der Waals surface area contributed by atoms with Crippen LogP contribution in [0.1, 0.15) is 44.9 Å². The van der Waals surface area contributed by atoms with Crippen LogP contribution in [-0.2, 0) is 0 Å². The lowest BCUT2D eigenvalue weighted by atomic mass is 10.1. The Labute approximate surface area is 98.2 Å². The summed E-state index contributed by atoms with van der Waals surface area (Å²) in [5, 5.41) is 12.9. The number of thioether (sulfide) groups is 1. The van der Waals surface area contributed by atoms with Crippen LogP contribution in [0, 0.1) is 0 Å². The standard InChI is InChI=1S/C12H25NOS/c1-15-9-8-12(10-14)13-11-6-4-2-3-5-7-11/h11-14H,2-10H2,1H3. The topological polar surface area (TPSA) is 32.3 Å². The van der Waals surface area contributed by atoms with Crippen LogP contribution >= 0.6 is 11.8 Å². The minimum atomic E-state index is 0.289. The molecule has 90 valence electrons. The number of aliphatic hydroxyl groups excluding tert-OH is 1. The molecule has 15 heavy (non-hydrogen) atoms. The summed E-state index contributed by atoms with van der Waals surface area (Å²) in [4.78, 5) is 0. The molecule has 1 fully saturated rings. The van der Waals surface area contributed by atoms with Crippen LogP contribution in [0.3, 0.4) is 0 Å². The molecule has 0 aliphatic heterocycles. The quantitative estimate of drug-likeness (QED) is 0.689. The van der Waals surface area contributed by atoms with Crippen molar-refractivity contribution in [3.8, 4) is 0 Å². The summed E-state index contributed by atoms with van der Waals surface area (Å²) in [6.45, 7) is 0.289. The van der Waals surface area contributed by atoms with Gasteiger partial charge in [0.25, 0.3) is 0 Å². The van der Waals surface area contributed by atoms with E-state index in [9.17, 15) is 5.11 Å². The maximum Gasteiger partial charge on any atom is 0.0585 e. The Kier molecular flexibility index (Phi) is 7.49. The van der Waals surface area contributed by atoms with Gasteiger partial charge in [-0.2, -0.15) is 11.8 Å². The zero-order chi connectivity index (χ0) is 10.9. The van der Waals surface area contributed by atoms with Gasteiger partial charge in [0.15, 0.2) is 0 Å². The molecule has 3 heteroatoms. The van der Waals surface area contributed by atoms with Crippen molar-refractivity contribution < 1.29 is 5.11 Å². The summed E-state index contributed by atoms with van der Waals surface area (Å²) >= 11 is 1.86. The van der Waals surface area contributed by atoms with Gasteiger partial charge in [0.2, 0.25) is 0 Å². The molecular formula is C12H25NOS. The highest BCUT2D eigenvalue weighted by Crippen LogP contribution is 2.18. The largest absolute Gasteiger partial charge is 0.395 e. The summed E-state index contributed by atoms with van der Waals surface area (Å²) in [5.74, 6) is 1.14. The summed E-state index contributed by atoms with van der Waals surface area (Å²) in [6.07, 6.45) is 11.3. The van der Waals surface area contributed by atoms with E-state index in [-0.39, 0.29) is 6.61 Å². The summed E-state index contributed by atoms with van der Waals surface area (Å²) in [6, 6.07) is 0.979. The van der Waals surface area contributed by atoms with Crippen LogP contribution < -0.4 is 5.32 Å². The van der Waals surface area contributed by atoms with E-state index >= 15 is 0 Å². The van der Waals surface area contributed by atoms with Crippen molar-refractivity contribution in [3.63, 3.8) is 0 Å². The Bertz CT molecular complexity index is 147. The van der Waals surface area contributed by atoms with Crippen LogP contribution in [-0.4, -0.2) is 35.8 Å². The maximum atomic E-state index is 9.28. The number of hydrogen-bond donors (Lipinski definition) is 2. The SMILES string of the molecule is CSCCC(CO)NC1CCCCCC1. The van der Waals surface area contributed by atoms with Crippen LogP contribution in [0.5, 0.6) is 0 Å². The van der Waals surface area contributed by atoms with Crippen LogP contribution in [0.4, 0.5) is 0 Å². The van der Waals surface area contributed by atoms with Crippen LogP contribution in [0.2, 0.25) is 0 Å². The summed E-state index contributed by atoms with van der Waals surface area (Å²) in [7, 11) is 0. The van der Waals surface area contributed by atoms with E-state index in [0.29, 0.717) is 12.1 Å². The third kappa shape index (κ3) is 5.79. The van der Waals surface area contributed by atoms with E-state index in [0.717, 1.165) is 12.2 Å². The highest BCUT2D eigenvalue weighted by molar-refractivity contribution is 7.98. The third-order valence-corrected chi connectivity index (χ3v) is 3.86. The van der Waals surface area contributed by atoms with Gasteiger partial charge in [-0.05, 0) is 31.3 Å². The van der Waals surface area contributed by atoms with Crippen molar-refractivity contribution in [1.82, 2.24) is 5.32 Å². The van der Waals surface area contributed by atoms with Gasteiger partial charge < -0.3 is 10.4 Å². The van der Waals surface area contributed by atoms with E-state index in [4.69, 9.17) is 0 Å². The molecule has 2 N–H and O–H groups in total. The number of hydrogen-bond acceptors (Lipinski definition) is 3. The number of aliphatic hydroxyl groups is 1. The van der Waals surface area contributed by atoms with Crippen molar-refractivity contribution in [1.29, 1.82) is 0 Å². The van der Waals surface area contributed by atoms with Crippen molar-refractivity contribution in [3.05, 3.63) is 0 Å². The molecule has 0 bridgehead atoms. The van der Waals surface area contributed by atoms with Crippen molar-refractivity contribution in [2.24, 2.45) is 0 Å². The molecule has 1 rings (SSSR count). The van der Waals surface area contributed by atoms with Crippen molar-refractivity contribution in [2.45, 2.75) is 57.0 Å². The molecule has 0 spiro atoms. The third-order valence-electron chi connectivity index (χ3n) is 3.22. The molecule has 0 saturated heterocycles. The van der Waals surface area contributed by atoms with Gasteiger partial charge in [-0.15, -0.1) is 0 Å². The molecule has 0 aromatic rings. The smallest absolute Gasteiger partial charge is 0.0585 e. The zero-order valence-electron chi connectivity index (χ0n) is 9.87. The minimum Gasteiger partial charge on any atom is -0.395 e. The first kappa shape index (κ1) is 13.3. The summed E-state index contributed by atoms with van der Waals surface area (Å²) < 4.78 is 0. The molecule has 0 aromatic heterocycles. The Morgan fingerprint density at radius 2 is 1.93 bits per heavy atom. The van der Waals surface area contributed by atoms with E-state index in [1.807, 2.05) is 11.8 Å². The first-order chi connectivity index (χ1) is 7.36. The molecule has 1 unspecified atom stereocenters. The first-order valence-corrected chi connectivity index (χ1v) is 7.62. The molecule has 0 heterocycles. The van der Waals surface area contributed by atoms with Gasteiger partial charge in [0.05, 0.1) is 6.61 Å². The normalized spacial score (nSPS) is 21.2. The number of nitrogens with one attached hydrogen (secondary N) is 1. The minimum absolute atomic E-state index is 0.289. The van der Waals surface area contributed by atoms with E-state index in [1.54, 1.807) is 0 Å². The van der Waals surface area contributed by atoms with Gasteiger partial charge in [-0.3, -0.25) is 0 Å². The zero-order valence-corrected chi connectivity index (χ0v) is 10.7. The Morgan fingerprint density at radius 3 is 2.47 bits per heavy atom. The van der Waals surface area contributed by atoms with E-state index in [1.165, 1.54) is 38.5 Å². The average Bonchev–Trinajstić information content (AvgIpc) is 2.52. The molecule has 1 aliphatic carbocycles. The molecule has 2 nitrogen and oxygen atoms in total. The molecule has 0 amide bonds. The predicted molar refractivity (Wildman–Crippen MR) is 68.5 cm³/mol. The fourth-order valence-electron chi connectivity index (χ4n) is 2.27. The lowest BCUT2D eigenvalue weighted by Gasteiger charge is -2.23. The van der Waals surface area contributed by atoms with Crippen molar-refractivity contribution in [2.75, 3.05) is 18.6 Å². The van der Waals surface area contributed by atoms with Gasteiger partial charge in [0, 0.05) is 12.1 Å². The lowest BCUT2D eigenvalue weighted by Crippen LogP contribution is -2.40. The Balaban J connectivity index is 2.22. The second kappa shape index (κ2) is 8.43. The lowest BCUT2D eigenvalue weighted by molar-refractivity contribution is 0.224. The van der Waals surface area contributed by atoms with E-state index in [2.05, 4.69) is 11.6 Å². The van der Waals surface area contributed by atoms with Gasteiger partial charge >= 0.3 is 0 Å². The molecule has 0 aromatic carbocycles. The predicted octanol–water partition coefficient (Wildman–Crippen LogP) is 2.41. The molecule has 1 aliphatic rings. The van der Waals surface area contributed by atoms with Crippen LogP contribution in [0.25, 0.3) is 0 Å². The van der Waals surface area contributed by atoms with Gasteiger partial charge in [-0.1, -0.05) is 25.7 Å². The van der Waals surface area contributed by atoms with Gasteiger partial charge in [0.1, 0.15) is 0 Å². The fraction of sp³-hybridized carbons (Fsp3) is 1.00. The first-order valence-electron chi connectivity index (χ1n) is 6.22. The fourth-order valence-corrected chi connectivity index (χ4v) is 2.79. The van der Waals surface area contributed by atoms with Crippen LogP contribution in [0.15, 0.2) is 0 Å². The number of rotatable bonds is 6. The Hall–Kier alpha value is 0.270. The highest BCUT2D eigenvalue weighted by atomic mass is 32.2. The highest BCUT2D eigenvalue weighted by Gasteiger charge is 2.15. The maximum absolute atomic E-state index is 9.28. The molecule has 1 saturated carbocycles. The molecule has 0 radical (unpaired) electrons. The average molecular weight is 231 g/mol. The Morgan fingerprint density at radius 1 is 1.27 bits per heavy atom. The summed E-state index contributed by atoms with van der Waals surface area (Å²) in [5.41, 5.74) is 0. The molecule has 1 atom stereocenters. The second-order valence-electron chi connectivity index (χ2n) is 4.52. The van der Waals surface area contributed by atoms with Crippen molar-refractivity contribution >= 4 is 11.8 Å². The monoisotopic (exact) mass is 231 g/mol. The molecular weight excluding hydrogens is 206 g/mol. The van der Waals surface area contributed by atoms with Gasteiger partial charge in [-0.25, -0.2) is 0 Å².